The molecule has 0 N–H and O–H groups in total. The van der Waals surface area contributed by atoms with E-state index in [2.05, 4.69) is 43.0 Å². The number of ether oxygens (including phenoxy) is 2. The summed E-state index contributed by atoms with van der Waals surface area (Å²) in [5.41, 5.74) is 3.41. The molecule has 1 saturated heterocycles. The van der Waals surface area contributed by atoms with Crippen LogP contribution in [0, 0.1) is 13.8 Å². The molecule has 36 heavy (non-hydrogen) atoms. The summed E-state index contributed by atoms with van der Waals surface area (Å²) in [4.78, 5) is 23.8. The van der Waals surface area contributed by atoms with Gasteiger partial charge in [-0.2, -0.15) is 0 Å². The smallest absolute Gasteiger partial charge is 0.228 e. The lowest BCUT2D eigenvalue weighted by molar-refractivity contribution is -0.118. The number of aromatic nitrogens is 1. The lowest BCUT2D eigenvalue weighted by Crippen LogP contribution is -2.39. The van der Waals surface area contributed by atoms with Crippen molar-refractivity contribution in [1.82, 2.24) is 9.88 Å². The fourth-order valence-corrected chi connectivity index (χ4v) is 6.22. The zero-order valence-electron chi connectivity index (χ0n) is 21.3. The molecule has 4 rings (SSSR count). The van der Waals surface area contributed by atoms with Crippen LogP contribution < -0.4 is 9.64 Å². The maximum Gasteiger partial charge on any atom is 0.228 e. The van der Waals surface area contributed by atoms with Crippen molar-refractivity contribution in [2.75, 3.05) is 57.2 Å². The number of rotatable bonds is 11. The SMILES string of the molecule is COc1ccc(SCCCC(=O)N(CCCN2CCOCC2)c2nc3cc(C)cc(C)c3s2)cc1.Cl. The van der Waals surface area contributed by atoms with Crippen LogP contribution in [0.25, 0.3) is 10.2 Å². The van der Waals surface area contributed by atoms with E-state index in [1.807, 2.05) is 17.0 Å². The molecule has 0 radical (unpaired) electrons. The summed E-state index contributed by atoms with van der Waals surface area (Å²) in [6.45, 7) is 9.42. The summed E-state index contributed by atoms with van der Waals surface area (Å²) >= 11 is 3.41. The van der Waals surface area contributed by atoms with Gasteiger partial charge in [-0.25, -0.2) is 4.98 Å². The summed E-state index contributed by atoms with van der Waals surface area (Å²) in [7, 11) is 1.67. The van der Waals surface area contributed by atoms with Gasteiger partial charge in [0.15, 0.2) is 5.13 Å². The highest BCUT2D eigenvalue weighted by molar-refractivity contribution is 7.99. The van der Waals surface area contributed by atoms with Crippen LogP contribution in [0.5, 0.6) is 5.75 Å². The Morgan fingerprint density at radius 2 is 1.92 bits per heavy atom. The Balaban J connectivity index is 0.00000361. The van der Waals surface area contributed by atoms with Crippen molar-refractivity contribution in [1.29, 1.82) is 0 Å². The van der Waals surface area contributed by atoms with Gasteiger partial charge in [0.1, 0.15) is 5.75 Å². The molecule has 0 atom stereocenters. The third-order valence-electron chi connectivity index (χ3n) is 6.16. The van der Waals surface area contributed by atoms with E-state index in [1.54, 1.807) is 30.2 Å². The molecule has 0 spiro atoms. The maximum atomic E-state index is 13.4. The second-order valence-corrected chi connectivity index (χ2v) is 11.1. The number of halogens is 1. The van der Waals surface area contributed by atoms with E-state index in [4.69, 9.17) is 14.5 Å². The molecule has 0 saturated carbocycles. The minimum absolute atomic E-state index is 0. The Bertz CT molecular complexity index is 1120. The fraction of sp³-hybridized carbons (Fsp3) is 0.481. The molecule has 6 nitrogen and oxygen atoms in total. The number of aryl methyl sites for hydroxylation is 2. The summed E-state index contributed by atoms with van der Waals surface area (Å²) < 4.78 is 11.9. The third kappa shape index (κ3) is 7.83. The van der Waals surface area contributed by atoms with Crippen molar-refractivity contribution < 1.29 is 14.3 Å². The van der Waals surface area contributed by atoms with Gasteiger partial charge in [-0.15, -0.1) is 24.2 Å². The average molecular weight is 550 g/mol. The van der Waals surface area contributed by atoms with Crippen LogP contribution in [0.3, 0.4) is 0 Å². The molecule has 2 aromatic carbocycles. The normalized spacial score (nSPS) is 14.0. The van der Waals surface area contributed by atoms with Crippen LogP contribution in [0.4, 0.5) is 5.13 Å². The van der Waals surface area contributed by atoms with E-state index in [-0.39, 0.29) is 18.3 Å². The molecular weight excluding hydrogens is 514 g/mol. The molecule has 1 aliphatic heterocycles. The van der Waals surface area contributed by atoms with Crippen LogP contribution in [0.15, 0.2) is 41.3 Å². The molecule has 0 bridgehead atoms. The number of nitrogens with zero attached hydrogens (tertiary/aromatic N) is 3. The first-order valence-corrected chi connectivity index (χ1v) is 14.1. The Hall–Kier alpha value is -1.84. The van der Waals surface area contributed by atoms with Gasteiger partial charge in [0.25, 0.3) is 0 Å². The van der Waals surface area contributed by atoms with Gasteiger partial charge in [-0.1, -0.05) is 17.4 Å². The number of anilines is 1. The van der Waals surface area contributed by atoms with Crippen molar-refractivity contribution in [2.24, 2.45) is 0 Å². The number of carbonyl (C=O) groups is 1. The largest absolute Gasteiger partial charge is 0.497 e. The lowest BCUT2D eigenvalue weighted by atomic mass is 10.1. The Morgan fingerprint density at radius 1 is 1.17 bits per heavy atom. The molecule has 3 aromatic rings. The highest BCUT2D eigenvalue weighted by Gasteiger charge is 2.21. The minimum atomic E-state index is 0. The first-order chi connectivity index (χ1) is 17.0. The highest BCUT2D eigenvalue weighted by Crippen LogP contribution is 2.33. The first kappa shape index (κ1) is 28.7. The monoisotopic (exact) mass is 549 g/mol. The fourth-order valence-electron chi connectivity index (χ4n) is 4.30. The summed E-state index contributed by atoms with van der Waals surface area (Å²) in [6, 6.07) is 12.4. The third-order valence-corrected chi connectivity index (χ3v) is 8.49. The van der Waals surface area contributed by atoms with E-state index in [0.29, 0.717) is 13.0 Å². The standard InChI is InChI=1S/C27H35N3O3S2.ClH/c1-20-18-21(2)26-24(19-20)28-27(35-26)30(12-5-11-29-13-15-33-16-14-29)25(31)6-4-17-34-23-9-7-22(32-3)8-10-23;/h7-10,18-19H,4-6,11-17H2,1-3H3;1H. The van der Waals surface area contributed by atoms with E-state index >= 15 is 0 Å². The second-order valence-electron chi connectivity index (χ2n) is 8.91. The Morgan fingerprint density at radius 3 is 2.64 bits per heavy atom. The average Bonchev–Trinajstić information content (AvgIpc) is 3.29. The predicted molar refractivity (Wildman–Crippen MR) is 154 cm³/mol. The van der Waals surface area contributed by atoms with Gasteiger partial charge in [-0.05, 0) is 73.9 Å². The van der Waals surface area contributed by atoms with Crippen LogP contribution >= 0.6 is 35.5 Å². The van der Waals surface area contributed by atoms with E-state index in [0.717, 1.165) is 67.8 Å². The number of fused-ring (bicyclic) bond motifs is 1. The lowest BCUT2D eigenvalue weighted by Gasteiger charge is -2.27. The molecule has 0 unspecified atom stereocenters. The number of hydrogen-bond acceptors (Lipinski definition) is 7. The maximum absolute atomic E-state index is 13.4. The molecule has 2 heterocycles. The molecule has 0 aliphatic carbocycles. The van der Waals surface area contributed by atoms with Gasteiger partial charge < -0.3 is 9.47 Å². The van der Waals surface area contributed by atoms with Gasteiger partial charge in [-0.3, -0.25) is 14.6 Å². The van der Waals surface area contributed by atoms with E-state index in [1.165, 1.54) is 20.7 Å². The zero-order chi connectivity index (χ0) is 24.6. The van der Waals surface area contributed by atoms with Gasteiger partial charge in [0.05, 0.1) is 30.5 Å². The molecule has 196 valence electrons. The summed E-state index contributed by atoms with van der Waals surface area (Å²) in [6.07, 6.45) is 2.29. The zero-order valence-corrected chi connectivity index (χ0v) is 23.8. The number of thiazole rings is 1. The molecule has 1 aromatic heterocycles. The van der Waals surface area contributed by atoms with E-state index in [9.17, 15) is 4.79 Å². The van der Waals surface area contributed by atoms with Crippen molar-refractivity contribution >= 4 is 56.8 Å². The number of hydrogen-bond donors (Lipinski definition) is 0. The van der Waals surface area contributed by atoms with Crippen molar-refractivity contribution in [2.45, 2.75) is 38.0 Å². The topological polar surface area (TPSA) is 54.9 Å². The number of methoxy groups -OCH3 is 1. The number of benzene rings is 2. The van der Waals surface area contributed by atoms with Crippen molar-refractivity contribution in [3.8, 4) is 5.75 Å². The van der Waals surface area contributed by atoms with Gasteiger partial charge in [0.2, 0.25) is 5.91 Å². The number of morpholine rings is 1. The van der Waals surface area contributed by atoms with Crippen LogP contribution in [-0.4, -0.2) is 68.0 Å². The minimum Gasteiger partial charge on any atom is -0.497 e. The van der Waals surface area contributed by atoms with Gasteiger partial charge >= 0.3 is 0 Å². The van der Waals surface area contributed by atoms with Crippen LogP contribution in [-0.2, 0) is 9.53 Å². The molecule has 1 aliphatic rings. The quantitative estimate of drug-likeness (QED) is 0.217. The highest BCUT2D eigenvalue weighted by atomic mass is 35.5. The molecule has 1 fully saturated rings. The predicted octanol–water partition coefficient (Wildman–Crippen LogP) is 5.97. The van der Waals surface area contributed by atoms with Crippen molar-refractivity contribution in [3.63, 3.8) is 0 Å². The summed E-state index contributed by atoms with van der Waals surface area (Å²) in [5, 5.41) is 0.823. The van der Waals surface area contributed by atoms with Gasteiger partial charge in [0, 0.05) is 37.5 Å². The Labute approximate surface area is 228 Å². The number of amides is 1. The number of carbonyl (C=O) groups excluding carboxylic acids is 1. The number of thioether (sulfide) groups is 1. The summed E-state index contributed by atoms with van der Waals surface area (Å²) in [5.74, 6) is 1.92. The molecule has 9 heteroatoms. The second kappa shape index (κ2) is 14.2. The van der Waals surface area contributed by atoms with Crippen LogP contribution in [0.1, 0.15) is 30.4 Å². The Kier molecular flexibility index (Phi) is 11.3. The van der Waals surface area contributed by atoms with Crippen molar-refractivity contribution in [3.05, 3.63) is 47.5 Å². The molecular formula is C27H36ClN3O3S2. The molecule has 1 amide bonds. The van der Waals surface area contributed by atoms with Crippen LogP contribution in [0.2, 0.25) is 0 Å². The first-order valence-electron chi connectivity index (χ1n) is 12.3. The van der Waals surface area contributed by atoms with E-state index < -0.39 is 0 Å².